The van der Waals surface area contributed by atoms with Crippen LogP contribution in [-0.4, -0.2) is 21.2 Å². The summed E-state index contributed by atoms with van der Waals surface area (Å²) in [5.41, 5.74) is 1.52. The first-order chi connectivity index (χ1) is 12.6. The van der Waals surface area contributed by atoms with E-state index in [1.165, 1.54) is 15.9 Å². The minimum atomic E-state index is -0.185. The van der Waals surface area contributed by atoms with Gasteiger partial charge in [-0.25, -0.2) is 0 Å². The molecule has 130 valence electrons. The number of ether oxygens (including phenoxy) is 1. The zero-order chi connectivity index (χ0) is 18.1. The highest BCUT2D eigenvalue weighted by atomic mass is 35.5. The molecule has 0 amide bonds. The zero-order valence-electron chi connectivity index (χ0n) is 13.8. The maximum Gasteiger partial charge on any atom is 0.291 e. The van der Waals surface area contributed by atoms with Crippen LogP contribution in [0.4, 0.5) is 0 Å². The Morgan fingerprint density at radius 2 is 2.04 bits per heavy atom. The molecule has 0 aliphatic rings. The van der Waals surface area contributed by atoms with Crippen LogP contribution in [0, 0.1) is 0 Å². The Kier molecular flexibility index (Phi) is 4.44. The van der Waals surface area contributed by atoms with Crippen molar-refractivity contribution in [3.63, 3.8) is 0 Å². The molecular formula is C19H14ClN3O2S. The van der Waals surface area contributed by atoms with Crippen molar-refractivity contribution in [1.82, 2.24) is 14.6 Å². The quantitative estimate of drug-likeness (QED) is 0.542. The first-order valence-corrected chi connectivity index (χ1v) is 9.23. The van der Waals surface area contributed by atoms with Gasteiger partial charge in [0.25, 0.3) is 5.56 Å². The number of benzene rings is 2. The van der Waals surface area contributed by atoms with Crippen LogP contribution < -0.4 is 14.8 Å². The number of fused-ring (bicyclic) bond motifs is 1. The van der Waals surface area contributed by atoms with Crippen LogP contribution in [0.2, 0.25) is 5.02 Å². The average Bonchev–Trinajstić information content (AvgIpc) is 3.16. The molecular weight excluding hydrogens is 370 g/mol. The third kappa shape index (κ3) is 3.21. The number of rotatable bonds is 4. The molecule has 26 heavy (non-hydrogen) atoms. The highest BCUT2D eigenvalue weighted by molar-refractivity contribution is 7.15. The third-order valence-corrected chi connectivity index (χ3v) is 4.95. The van der Waals surface area contributed by atoms with Crippen molar-refractivity contribution >= 4 is 34.0 Å². The molecule has 0 radical (unpaired) electrons. The summed E-state index contributed by atoms with van der Waals surface area (Å²) in [5.74, 6) is 1.31. The van der Waals surface area contributed by atoms with Crippen LogP contribution in [0.25, 0.3) is 22.4 Å². The maximum atomic E-state index is 12.6. The lowest BCUT2D eigenvalue weighted by Gasteiger charge is -2.02. The van der Waals surface area contributed by atoms with E-state index in [1.54, 1.807) is 12.1 Å². The minimum Gasteiger partial charge on any atom is -0.494 e. The van der Waals surface area contributed by atoms with Crippen molar-refractivity contribution in [1.29, 1.82) is 0 Å². The van der Waals surface area contributed by atoms with E-state index in [-0.39, 0.29) is 5.56 Å². The summed E-state index contributed by atoms with van der Waals surface area (Å²) in [7, 11) is 0. The molecule has 0 atom stereocenters. The molecule has 7 heteroatoms. The summed E-state index contributed by atoms with van der Waals surface area (Å²) in [6.45, 7) is 2.55. The van der Waals surface area contributed by atoms with Crippen LogP contribution in [0.15, 0.2) is 53.3 Å². The first-order valence-electron chi connectivity index (χ1n) is 8.04. The van der Waals surface area contributed by atoms with Crippen LogP contribution in [0.3, 0.4) is 0 Å². The molecule has 0 unspecified atom stereocenters. The molecule has 0 bridgehead atoms. The molecule has 5 nitrogen and oxygen atoms in total. The van der Waals surface area contributed by atoms with E-state index >= 15 is 0 Å². The predicted molar refractivity (Wildman–Crippen MR) is 104 cm³/mol. The summed E-state index contributed by atoms with van der Waals surface area (Å²) < 4.78 is 7.34. The Balaban J connectivity index is 1.72. The van der Waals surface area contributed by atoms with Gasteiger partial charge in [-0.3, -0.25) is 4.79 Å². The number of halogens is 1. The third-order valence-electron chi connectivity index (χ3n) is 3.75. The van der Waals surface area contributed by atoms with Gasteiger partial charge < -0.3 is 4.74 Å². The van der Waals surface area contributed by atoms with E-state index in [0.717, 1.165) is 16.9 Å². The number of aromatic nitrogens is 3. The largest absolute Gasteiger partial charge is 0.494 e. The number of thiazole rings is 1. The molecule has 4 rings (SSSR count). The van der Waals surface area contributed by atoms with Gasteiger partial charge in [-0.2, -0.15) is 9.50 Å². The van der Waals surface area contributed by atoms with Crippen molar-refractivity contribution in [3.05, 3.63) is 74.0 Å². The lowest BCUT2D eigenvalue weighted by molar-refractivity contribution is 0.340. The molecule has 0 fully saturated rings. The topological polar surface area (TPSA) is 56.5 Å². The predicted octanol–water partition coefficient (Wildman–Crippen LogP) is 3.42. The van der Waals surface area contributed by atoms with Crippen LogP contribution >= 0.6 is 22.9 Å². The van der Waals surface area contributed by atoms with E-state index in [9.17, 15) is 4.79 Å². The number of hydrogen-bond donors (Lipinski definition) is 0. The lowest BCUT2D eigenvalue weighted by atomic mass is 10.2. The van der Waals surface area contributed by atoms with Gasteiger partial charge in [-0.1, -0.05) is 35.1 Å². The van der Waals surface area contributed by atoms with Crippen LogP contribution in [-0.2, 0) is 0 Å². The van der Waals surface area contributed by atoms with E-state index in [2.05, 4.69) is 10.1 Å². The maximum absolute atomic E-state index is 12.6. The Labute approximate surface area is 158 Å². The normalized spacial score (nSPS) is 12.0. The first kappa shape index (κ1) is 16.8. The average molecular weight is 384 g/mol. The molecule has 2 aromatic carbocycles. The Morgan fingerprint density at radius 3 is 2.73 bits per heavy atom. The highest BCUT2D eigenvalue weighted by Gasteiger charge is 2.12. The second-order valence-electron chi connectivity index (χ2n) is 5.56. The van der Waals surface area contributed by atoms with E-state index in [1.807, 2.05) is 49.4 Å². The molecule has 0 saturated heterocycles. The summed E-state index contributed by atoms with van der Waals surface area (Å²) in [6, 6.07) is 14.8. The summed E-state index contributed by atoms with van der Waals surface area (Å²) >= 11 is 7.30. The second kappa shape index (κ2) is 6.90. The van der Waals surface area contributed by atoms with Crippen molar-refractivity contribution in [2.24, 2.45) is 0 Å². The standard InChI is InChI=1S/C19H14ClN3O2S/c1-2-25-15-8-6-13(7-9-15)17-21-19-23(22-17)18(24)16(26-19)11-12-4-3-5-14(20)10-12/h3-11H,2H2,1H3. The molecule has 0 N–H and O–H groups in total. The molecule has 2 heterocycles. The van der Waals surface area contributed by atoms with Crippen molar-refractivity contribution < 1.29 is 4.74 Å². The molecule has 0 spiro atoms. The van der Waals surface area contributed by atoms with E-state index in [0.29, 0.717) is 26.9 Å². The zero-order valence-corrected chi connectivity index (χ0v) is 15.4. The van der Waals surface area contributed by atoms with Gasteiger partial charge >= 0.3 is 0 Å². The smallest absolute Gasteiger partial charge is 0.291 e. The molecule has 0 saturated carbocycles. The molecule has 0 aliphatic heterocycles. The van der Waals surface area contributed by atoms with Gasteiger partial charge in [-0.15, -0.1) is 5.10 Å². The minimum absolute atomic E-state index is 0.185. The summed E-state index contributed by atoms with van der Waals surface area (Å²) in [5, 5.41) is 4.98. The fraction of sp³-hybridized carbons (Fsp3) is 0.105. The number of nitrogens with zero attached hydrogens (tertiary/aromatic N) is 3. The van der Waals surface area contributed by atoms with Gasteiger partial charge in [0.15, 0.2) is 5.82 Å². The molecule has 4 aromatic rings. The number of hydrogen-bond acceptors (Lipinski definition) is 5. The van der Waals surface area contributed by atoms with Gasteiger partial charge in [0.05, 0.1) is 11.1 Å². The van der Waals surface area contributed by atoms with Crippen molar-refractivity contribution in [3.8, 4) is 17.1 Å². The Hall–Kier alpha value is -2.70. The second-order valence-corrected chi connectivity index (χ2v) is 7.00. The van der Waals surface area contributed by atoms with Crippen LogP contribution in [0.5, 0.6) is 5.75 Å². The van der Waals surface area contributed by atoms with Gasteiger partial charge in [0, 0.05) is 10.6 Å². The lowest BCUT2D eigenvalue weighted by Crippen LogP contribution is -2.23. The fourth-order valence-corrected chi connectivity index (χ4v) is 3.68. The molecule has 2 aromatic heterocycles. The van der Waals surface area contributed by atoms with E-state index in [4.69, 9.17) is 16.3 Å². The van der Waals surface area contributed by atoms with Crippen molar-refractivity contribution in [2.45, 2.75) is 6.92 Å². The monoisotopic (exact) mass is 383 g/mol. The fourth-order valence-electron chi connectivity index (χ4n) is 2.57. The summed E-state index contributed by atoms with van der Waals surface area (Å²) in [4.78, 5) is 17.6. The highest BCUT2D eigenvalue weighted by Crippen LogP contribution is 2.20. The SMILES string of the molecule is CCOc1ccc(-c2nc3sc(=Cc4cccc(Cl)c4)c(=O)n3n2)cc1. The Bertz CT molecular complexity index is 1180. The van der Waals surface area contributed by atoms with Gasteiger partial charge in [0.2, 0.25) is 4.96 Å². The van der Waals surface area contributed by atoms with E-state index < -0.39 is 0 Å². The van der Waals surface area contributed by atoms with Crippen molar-refractivity contribution in [2.75, 3.05) is 6.61 Å². The molecule has 0 aliphatic carbocycles. The Morgan fingerprint density at radius 1 is 1.23 bits per heavy atom. The summed E-state index contributed by atoms with van der Waals surface area (Å²) in [6.07, 6.45) is 1.80. The van der Waals surface area contributed by atoms with Gasteiger partial charge in [0.1, 0.15) is 5.75 Å². The van der Waals surface area contributed by atoms with Crippen LogP contribution in [0.1, 0.15) is 12.5 Å². The van der Waals surface area contributed by atoms with Gasteiger partial charge in [-0.05, 0) is 55.0 Å².